The number of nitrogens with one attached hydrogen (secondary N) is 2. The highest BCUT2D eigenvalue weighted by atomic mass is 32.2. The van der Waals surface area contributed by atoms with Crippen LogP contribution in [0.15, 0.2) is 73.1 Å². The van der Waals surface area contributed by atoms with E-state index in [0.29, 0.717) is 22.6 Å². The molecule has 2 N–H and O–H groups in total. The predicted molar refractivity (Wildman–Crippen MR) is 138 cm³/mol. The quantitative estimate of drug-likeness (QED) is 0.404. The van der Waals surface area contributed by atoms with Gasteiger partial charge in [-0.15, -0.1) is 0 Å². The van der Waals surface area contributed by atoms with Crippen LogP contribution in [0.25, 0.3) is 11.1 Å². The molecule has 2 aromatic carbocycles. The van der Waals surface area contributed by atoms with Crippen molar-refractivity contribution in [1.29, 1.82) is 0 Å². The molecule has 0 saturated heterocycles. The zero-order valence-electron chi connectivity index (χ0n) is 19.4. The molecule has 0 fully saturated rings. The first-order valence-electron chi connectivity index (χ1n) is 10.8. The second-order valence-electron chi connectivity index (χ2n) is 7.77. The largest absolute Gasteiger partial charge is 0.487 e. The maximum absolute atomic E-state index is 13.3. The molecule has 1 heterocycles. The standard InChI is InChI=1S/C25H27N3O5S2/c1-34-14-12-23(25(30)28-35(2,31)32)27-24(29)21-11-10-18(17-33-20-9-6-13-26-16-20)15-22(21)19-7-4-3-5-8-19/h3-11,13,15-16,23H,12,14,17H2,1-2H3,(H,27,29)(H,28,30)/t23-/m0/s1. The van der Waals surface area contributed by atoms with Crippen LogP contribution in [0.1, 0.15) is 22.3 Å². The monoisotopic (exact) mass is 513 g/mol. The summed E-state index contributed by atoms with van der Waals surface area (Å²) in [6.45, 7) is 0.278. The van der Waals surface area contributed by atoms with Crippen LogP contribution < -0.4 is 14.8 Å². The fourth-order valence-corrected chi connectivity index (χ4v) is 4.31. The lowest BCUT2D eigenvalue weighted by molar-refractivity contribution is -0.121. The molecule has 0 radical (unpaired) electrons. The van der Waals surface area contributed by atoms with Gasteiger partial charge >= 0.3 is 0 Å². The smallest absolute Gasteiger partial charge is 0.256 e. The molecule has 1 aromatic heterocycles. The Hall–Kier alpha value is -3.37. The Morgan fingerprint density at radius 3 is 2.51 bits per heavy atom. The average molecular weight is 514 g/mol. The molecule has 0 aliphatic carbocycles. The Morgan fingerprint density at radius 2 is 1.86 bits per heavy atom. The molecule has 0 saturated carbocycles. The van der Waals surface area contributed by atoms with Gasteiger partial charge in [0.15, 0.2) is 0 Å². The van der Waals surface area contributed by atoms with E-state index in [1.165, 1.54) is 11.8 Å². The minimum atomic E-state index is -3.76. The van der Waals surface area contributed by atoms with E-state index in [9.17, 15) is 18.0 Å². The van der Waals surface area contributed by atoms with Crippen LogP contribution in [-0.4, -0.2) is 49.5 Å². The maximum Gasteiger partial charge on any atom is 0.256 e. The summed E-state index contributed by atoms with van der Waals surface area (Å²) in [5.74, 6) is -0.0433. The van der Waals surface area contributed by atoms with Gasteiger partial charge in [-0.25, -0.2) is 8.42 Å². The second-order valence-corrected chi connectivity index (χ2v) is 10.5. The lowest BCUT2D eigenvalue weighted by atomic mass is 9.96. The van der Waals surface area contributed by atoms with Crippen LogP contribution >= 0.6 is 11.8 Å². The van der Waals surface area contributed by atoms with Crippen molar-refractivity contribution in [2.75, 3.05) is 18.3 Å². The molecule has 0 aliphatic rings. The molecular formula is C25H27N3O5S2. The van der Waals surface area contributed by atoms with Crippen LogP contribution in [0.3, 0.4) is 0 Å². The van der Waals surface area contributed by atoms with Crippen LogP contribution in [0.2, 0.25) is 0 Å². The van der Waals surface area contributed by atoms with Gasteiger partial charge in [0.25, 0.3) is 11.8 Å². The highest BCUT2D eigenvalue weighted by Crippen LogP contribution is 2.26. The maximum atomic E-state index is 13.3. The molecule has 0 bridgehead atoms. The Kier molecular flexibility index (Phi) is 9.27. The van der Waals surface area contributed by atoms with Crippen molar-refractivity contribution in [1.82, 2.24) is 15.0 Å². The van der Waals surface area contributed by atoms with Gasteiger partial charge in [-0.2, -0.15) is 11.8 Å². The number of carbonyl (C=O) groups excluding carboxylic acids is 2. The molecular weight excluding hydrogens is 486 g/mol. The minimum absolute atomic E-state index is 0.278. The molecule has 35 heavy (non-hydrogen) atoms. The Morgan fingerprint density at radius 1 is 1.09 bits per heavy atom. The van der Waals surface area contributed by atoms with Gasteiger partial charge in [0.2, 0.25) is 10.0 Å². The van der Waals surface area contributed by atoms with E-state index in [2.05, 4.69) is 10.3 Å². The number of rotatable bonds is 11. The summed E-state index contributed by atoms with van der Waals surface area (Å²) in [6, 6.07) is 17.3. The van der Waals surface area contributed by atoms with E-state index in [1.54, 1.807) is 30.6 Å². The Labute approximate surface area is 209 Å². The number of hydrogen-bond acceptors (Lipinski definition) is 7. The van der Waals surface area contributed by atoms with E-state index in [0.717, 1.165) is 17.4 Å². The first kappa shape index (κ1) is 26.2. The summed E-state index contributed by atoms with van der Waals surface area (Å²) in [5.41, 5.74) is 2.70. The molecule has 10 heteroatoms. The van der Waals surface area contributed by atoms with Gasteiger partial charge in [-0.1, -0.05) is 36.4 Å². The molecule has 2 amide bonds. The van der Waals surface area contributed by atoms with Crippen LogP contribution in [0.4, 0.5) is 0 Å². The highest BCUT2D eigenvalue weighted by Gasteiger charge is 2.25. The number of benzene rings is 2. The average Bonchev–Trinajstić information content (AvgIpc) is 2.85. The summed E-state index contributed by atoms with van der Waals surface area (Å²) in [5, 5.41) is 2.71. The van der Waals surface area contributed by atoms with E-state index < -0.39 is 27.9 Å². The normalized spacial score (nSPS) is 11.9. The van der Waals surface area contributed by atoms with Crippen molar-refractivity contribution < 1.29 is 22.7 Å². The van der Waals surface area contributed by atoms with Gasteiger partial charge in [0.05, 0.1) is 12.5 Å². The van der Waals surface area contributed by atoms with E-state index in [-0.39, 0.29) is 13.0 Å². The van der Waals surface area contributed by atoms with Gasteiger partial charge in [-0.05, 0) is 59.4 Å². The first-order chi connectivity index (χ1) is 16.8. The fraction of sp³-hybridized carbons (Fsp3) is 0.240. The summed E-state index contributed by atoms with van der Waals surface area (Å²) in [6.07, 6.45) is 6.34. The third-order valence-corrected chi connectivity index (χ3v) is 6.19. The number of nitrogens with zero attached hydrogens (tertiary/aromatic N) is 1. The third kappa shape index (κ3) is 8.11. The number of pyridine rings is 1. The van der Waals surface area contributed by atoms with E-state index >= 15 is 0 Å². The number of hydrogen-bond donors (Lipinski definition) is 2. The van der Waals surface area contributed by atoms with E-state index in [4.69, 9.17) is 4.74 Å². The molecule has 0 spiro atoms. The van der Waals surface area contributed by atoms with E-state index in [1.807, 2.05) is 53.4 Å². The Bertz CT molecular complexity index is 1250. The number of carbonyl (C=O) groups is 2. The van der Waals surface area contributed by atoms with Crippen molar-refractivity contribution in [2.24, 2.45) is 0 Å². The first-order valence-corrected chi connectivity index (χ1v) is 14.1. The highest BCUT2D eigenvalue weighted by molar-refractivity contribution is 7.98. The van der Waals surface area contributed by atoms with Crippen molar-refractivity contribution in [3.63, 3.8) is 0 Å². The van der Waals surface area contributed by atoms with Crippen LogP contribution in [0.5, 0.6) is 5.75 Å². The van der Waals surface area contributed by atoms with Crippen LogP contribution in [0, 0.1) is 0 Å². The SMILES string of the molecule is CSCC[C@H](NC(=O)c1ccc(COc2cccnc2)cc1-c1ccccc1)C(=O)NS(C)(=O)=O. The van der Waals surface area contributed by atoms with Gasteiger partial charge < -0.3 is 10.1 Å². The predicted octanol–water partition coefficient (Wildman–Crippen LogP) is 3.25. The summed E-state index contributed by atoms with van der Waals surface area (Å²) in [7, 11) is -3.76. The zero-order chi connectivity index (χ0) is 25.3. The minimum Gasteiger partial charge on any atom is -0.487 e. The number of amides is 2. The zero-order valence-corrected chi connectivity index (χ0v) is 21.1. The molecule has 8 nitrogen and oxygen atoms in total. The van der Waals surface area contributed by atoms with Crippen LogP contribution in [-0.2, 0) is 21.4 Å². The molecule has 3 rings (SSSR count). The van der Waals surface area contributed by atoms with Crippen molar-refractivity contribution in [2.45, 2.75) is 19.1 Å². The van der Waals surface area contributed by atoms with Gasteiger partial charge in [0, 0.05) is 11.8 Å². The fourth-order valence-electron chi connectivity index (χ4n) is 3.33. The Balaban J connectivity index is 1.87. The molecule has 1 atom stereocenters. The third-order valence-electron chi connectivity index (χ3n) is 4.97. The number of ether oxygens (including phenoxy) is 1. The summed E-state index contributed by atoms with van der Waals surface area (Å²) < 4.78 is 30.9. The topological polar surface area (TPSA) is 114 Å². The molecule has 0 aliphatic heterocycles. The van der Waals surface area contributed by atoms with Crippen molar-refractivity contribution >= 4 is 33.6 Å². The van der Waals surface area contributed by atoms with Gasteiger partial charge in [0.1, 0.15) is 18.4 Å². The molecule has 3 aromatic rings. The summed E-state index contributed by atoms with van der Waals surface area (Å²) in [4.78, 5) is 29.8. The summed E-state index contributed by atoms with van der Waals surface area (Å²) >= 11 is 1.49. The van der Waals surface area contributed by atoms with Crippen molar-refractivity contribution in [3.8, 4) is 16.9 Å². The van der Waals surface area contributed by atoms with Crippen molar-refractivity contribution in [3.05, 3.63) is 84.2 Å². The number of aromatic nitrogens is 1. The number of thioether (sulfide) groups is 1. The lowest BCUT2D eigenvalue weighted by Gasteiger charge is -2.19. The van der Waals surface area contributed by atoms with Gasteiger partial charge in [-0.3, -0.25) is 19.3 Å². The second kappa shape index (κ2) is 12.4. The number of sulfonamides is 1. The molecule has 184 valence electrons. The lowest BCUT2D eigenvalue weighted by Crippen LogP contribution is -2.48. The molecule has 0 unspecified atom stereocenters.